The Morgan fingerprint density at radius 1 is 1.00 bits per heavy atom. The Kier molecular flexibility index (Phi) is 4.85. The van der Waals surface area contributed by atoms with E-state index < -0.39 is 6.36 Å². The van der Waals surface area contributed by atoms with Gasteiger partial charge >= 0.3 is 6.36 Å². The molecular formula is C14H10Cl2F3NO. The van der Waals surface area contributed by atoms with Crippen molar-refractivity contribution in [3.8, 4) is 5.75 Å². The average Bonchev–Trinajstić information content (AvgIpc) is 2.40. The first-order valence-electron chi connectivity index (χ1n) is 5.88. The quantitative estimate of drug-likeness (QED) is 0.796. The highest BCUT2D eigenvalue weighted by Gasteiger charge is 2.31. The van der Waals surface area contributed by atoms with Crippen LogP contribution in [0.4, 0.5) is 18.9 Å². The number of para-hydroxylation sites is 1. The molecule has 0 fully saturated rings. The molecule has 0 saturated heterocycles. The van der Waals surface area contributed by atoms with E-state index in [1.54, 1.807) is 24.3 Å². The highest BCUT2D eigenvalue weighted by atomic mass is 35.5. The molecule has 0 heterocycles. The monoisotopic (exact) mass is 335 g/mol. The molecule has 2 rings (SSSR count). The lowest BCUT2D eigenvalue weighted by atomic mass is 10.2. The van der Waals surface area contributed by atoms with Gasteiger partial charge < -0.3 is 10.1 Å². The molecule has 0 aliphatic heterocycles. The van der Waals surface area contributed by atoms with Gasteiger partial charge in [-0.15, -0.1) is 13.2 Å². The maximum Gasteiger partial charge on any atom is 0.573 e. The van der Waals surface area contributed by atoms with Crippen molar-refractivity contribution in [1.29, 1.82) is 0 Å². The van der Waals surface area contributed by atoms with Crippen LogP contribution >= 0.6 is 23.2 Å². The van der Waals surface area contributed by atoms with E-state index in [1.807, 2.05) is 0 Å². The lowest BCUT2D eigenvalue weighted by Gasteiger charge is -2.14. The first-order valence-corrected chi connectivity index (χ1v) is 6.64. The normalized spacial score (nSPS) is 11.3. The minimum atomic E-state index is -4.73. The minimum absolute atomic E-state index is 0.117. The molecule has 0 aliphatic carbocycles. The van der Waals surface area contributed by atoms with E-state index in [9.17, 15) is 13.2 Å². The number of hydrogen-bond acceptors (Lipinski definition) is 2. The zero-order valence-corrected chi connectivity index (χ0v) is 12.1. The molecule has 112 valence electrons. The molecule has 0 aromatic heterocycles. The van der Waals surface area contributed by atoms with Crippen molar-refractivity contribution >= 4 is 28.9 Å². The molecule has 0 amide bonds. The molecule has 0 aliphatic rings. The number of ether oxygens (including phenoxy) is 1. The Bertz CT molecular complexity index is 632. The topological polar surface area (TPSA) is 21.3 Å². The van der Waals surface area contributed by atoms with Crippen LogP contribution in [0.2, 0.25) is 10.0 Å². The number of nitrogens with one attached hydrogen (secondary N) is 1. The van der Waals surface area contributed by atoms with Crippen LogP contribution in [-0.4, -0.2) is 6.36 Å². The summed E-state index contributed by atoms with van der Waals surface area (Å²) < 4.78 is 40.9. The number of halogens is 5. The minimum Gasteiger partial charge on any atom is -0.405 e. The average molecular weight is 336 g/mol. The van der Waals surface area contributed by atoms with E-state index in [-0.39, 0.29) is 12.3 Å². The zero-order chi connectivity index (χ0) is 15.5. The van der Waals surface area contributed by atoms with Crippen LogP contribution < -0.4 is 10.1 Å². The van der Waals surface area contributed by atoms with Crippen LogP contribution in [0, 0.1) is 0 Å². The summed E-state index contributed by atoms with van der Waals surface area (Å²) >= 11 is 11.9. The summed E-state index contributed by atoms with van der Waals surface area (Å²) in [7, 11) is 0. The van der Waals surface area contributed by atoms with Crippen molar-refractivity contribution < 1.29 is 17.9 Å². The van der Waals surface area contributed by atoms with E-state index in [1.165, 1.54) is 18.2 Å². The molecule has 2 aromatic rings. The zero-order valence-electron chi connectivity index (χ0n) is 10.5. The first-order chi connectivity index (χ1) is 9.87. The Morgan fingerprint density at radius 2 is 1.71 bits per heavy atom. The highest BCUT2D eigenvalue weighted by molar-refractivity contribution is 6.43. The molecule has 0 radical (unpaired) electrons. The van der Waals surface area contributed by atoms with Crippen molar-refractivity contribution in [2.24, 2.45) is 0 Å². The Balaban J connectivity index is 2.15. The molecule has 0 spiro atoms. The molecule has 0 bridgehead atoms. The van der Waals surface area contributed by atoms with Crippen LogP contribution in [-0.2, 0) is 6.54 Å². The molecule has 0 unspecified atom stereocenters. The molecule has 7 heteroatoms. The SMILES string of the molecule is FC(F)(F)Oc1ccccc1CNc1cccc(Cl)c1Cl. The number of anilines is 1. The van der Waals surface area contributed by atoms with Crippen molar-refractivity contribution in [3.05, 3.63) is 58.1 Å². The van der Waals surface area contributed by atoms with Crippen LogP contribution in [0.3, 0.4) is 0 Å². The van der Waals surface area contributed by atoms with Gasteiger partial charge in [0.15, 0.2) is 0 Å². The van der Waals surface area contributed by atoms with Crippen molar-refractivity contribution in [2.75, 3.05) is 5.32 Å². The van der Waals surface area contributed by atoms with E-state index in [2.05, 4.69) is 10.1 Å². The van der Waals surface area contributed by atoms with E-state index in [4.69, 9.17) is 23.2 Å². The van der Waals surface area contributed by atoms with Gasteiger partial charge in [0.1, 0.15) is 5.75 Å². The molecule has 2 nitrogen and oxygen atoms in total. The van der Waals surface area contributed by atoms with Gasteiger partial charge in [-0.3, -0.25) is 0 Å². The maximum atomic E-state index is 12.3. The second kappa shape index (κ2) is 6.45. The Labute approximate surface area is 129 Å². The lowest BCUT2D eigenvalue weighted by Crippen LogP contribution is -2.18. The van der Waals surface area contributed by atoms with Gasteiger partial charge in [-0.05, 0) is 18.2 Å². The number of alkyl halides is 3. The molecular weight excluding hydrogens is 326 g/mol. The third kappa shape index (κ3) is 4.44. The van der Waals surface area contributed by atoms with Crippen LogP contribution in [0.5, 0.6) is 5.75 Å². The van der Waals surface area contributed by atoms with Gasteiger partial charge in [-0.25, -0.2) is 0 Å². The summed E-state index contributed by atoms with van der Waals surface area (Å²) in [4.78, 5) is 0. The van der Waals surface area contributed by atoms with Gasteiger partial charge in [0, 0.05) is 12.1 Å². The maximum absolute atomic E-state index is 12.3. The smallest absolute Gasteiger partial charge is 0.405 e. The predicted octanol–water partition coefficient (Wildman–Crippen LogP) is 5.50. The molecule has 21 heavy (non-hydrogen) atoms. The molecule has 0 saturated carbocycles. The fourth-order valence-corrected chi connectivity index (χ4v) is 2.07. The largest absolute Gasteiger partial charge is 0.573 e. The van der Waals surface area contributed by atoms with Gasteiger partial charge in [-0.1, -0.05) is 47.5 Å². The lowest BCUT2D eigenvalue weighted by molar-refractivity contribution is -0.274. The fourth-order valence-electron chi connectivity index (χ4n) is 1.70. The summed E-state index contributed by atoms with van der Waals surface area (Å²) in [6, 6.07) is 10.9. The van der Waals surface area contributed by atoms with E-state index >= 15 is 0 Å². The van der Waals surface area contributed by atoms with Crippen molar-refractivity contribution in [2.45, 2.75) is 12.9 Å². The predicted molar refractivity (Wildman–Crippen MR) is 76.9 cm³/mol. The van der Waals surface area contributed by atoms with Crippen LogP contribution in [0.15, 0.2) is 42.5 Å². The Hall–Kier alpha value is -1.59. The first kappa shape index (κ1) is 15.8. The Morgan fingerprint density at radius 3 is 2.43 bits per heavy atom. The third-order valence-electron chi connectivity index (χ3n) is 2.62. The molecule has 1 N–H and O–H groups in total. The van der Waals surface area contributed by atoms with Crippen molar-refractivity contribution in [1.82, 2.24) is 0 Å². The van der Waals surface area contributed by atoms with Gasteiger partial charge in [-0.2, -0.15) is 0 Å². The summed E-state index contributed by atoms with van der Waals surface area (Å²) in [6.07, 6.45) is -4.73. The van der Waals surface area contributed by atoms with Gasteiger partial charge in [0.2, 0.25) is 0 Å². The fraction of sp³-hybridized carbons (Fsp3) is 0.143. The van der Waals surface area contributed by atoms with Crippen molar-refractivity contribution in [3.63, 3.8) is 0 Å². The molecule has 2 aromatic carbocycles. The summed E-state index contributed by atoms with van der Waals surface area (Å²) in [5.41, 5.74) is 0.886. The van der Waals surface area contributed by atoms with Crippen LogP contribution in [0.1, 0.15) is 5.56 Å². The summed E-state index contributed by atoms with van der Waals surface area (Å²) in [6.45, 7) is 0.117. The second-order valence-corrected chi connectivity index (χ2v) is 4.90. The molecule has 0 atom stereocenters. The third-order valence-corrected chi connectivity index (χ3v) is 3.44. The number of benzene rings is 2. The van der Waals surface area contributed by atoms with E-state index in [0.717, 1.165) is 0 Å². The van der Waals surface area contributed by atoms with E-state index in [0.29, 0.717) is 21.3 Å². The van der Waals surface area contributed by atoms with Crippen LogP contribution in [0.25, 0.3) is 0 Å². The van der Waals surface area contributed by atoms with Gasteiger partial charge in [0.05, 0.1) is 15.7 Å². The summed E-state index contributed by atoms with van der Waals surface area (Å²) in [5.74, 6) is -0.254. The standard InChI is InChI=1S/C14H10Cl2F3NO/c15-10-5-3-6-11(13(10)16)20-8-9-4-1-2-7-12(9)21-14(17,18)19/h1-7,20H,8H2. The second-order valence-electron chi connectivity index (χ2n) is 4.11. The number of rotatable bonds is 4. The number of hydrogen-bond donors (Lipinski definition) is 1. The summed E-state index contributed by atoms with van der Waals surface area (Å²) in [5, 5.41) is 3.61. The van der Waals surface area contributed by atoms with Gasteiger partial charge in [0.25, 0.3) is 0 Å². The highest BCUT2D eigenvalue weighted by Crippen LogP contribution is 2.31.